The molecule has 0 radical (unpaired) electrons. The number of morpholine rings is 1. The molecule has 1 amide bonds. The first kappa shape index (κ1) is 30.7. The number of rotatable bonds is 9. The van der Waals surface area contributed by atoms with E-state index in [2.05, 4.69) is 19.5 Å². The first-order chi connectivity index (χ1) is 21.1. The molecule has 14 heteroatoms. The number of carbonyl (C=O) groups excluding carboxylic acids is 1. The second-order valence-electron chi connectivity index (χ2n) is 12.3. The lowest BCUT2D eigenvalue weighted by Gasteiger charge is -2.41. The van der Waals surface area contributed by atoms with Gasteiger partial charge in [-0.1, -0.05) is 6.42 Å². The van der Waals surface area contributed by atoms with Gasteiger partial charge in [-0.2, -0.15) is 17.8 Å². The van der Waals surface area contributed by atoms with E-state index >= 15 is 0 Å². The monoisotopic (exact) mass is 626 g/mol. The zero-order valence-electron chi connectivity index (χ0n) is 25.9. The third-order valence-corrected chi connectivity index (χ3v) is 10.2. The van der Waals surface area contributed by atoms with Crippen LogP contribution in [0.5, 0.6) is 5.88 Å². The molecule has 5 heterocycles. The number of aromatic nitrogens is 4. The van der Waals surface area contributed by atoms with E-state index in [0.717, 1.165) is 92.6 Å². The maximum absolute atomic E-state index is 13.5. The van der Waals surface area contributed by atoms with Crippen LogP contribution in [0.4, 0.5) is 5.69 Å². The van der Waals surface area contributed by atoms with Crippen LogP contribution in [-0.2, 0) is 14.9 Å². The summed E-state index contributed by atoms with van der Waals surface area (Å²) in [5.41, 5.74) is 3.05. The van der Waals surface area contributed by atoms with Gasteiger partial charge >= 0.3 is 10.2 Å². The first-order valence-electron chi connectivity index (χ1n) is 15.5. The molecule has 0 atom stereocenters. The average molecular weight is 627 g/mol. The molecular weight excluding hydrogens is 584 g/mol. The van der Waals surface area contributed by atoms with Crippen molar-refractivity contribution in [2.24, 2.45) is 0 Å². The molecular formula is C30H42N8O5S. The number of ether oxygens (including phenoxy) is 2. The lowest BCUT2D eigenvalue weighted by Crippen LogP contribution is -2.49. The summed E-state index contributed by atoms with van der Waals surface area (Å²) < 4.78 is 41.5. The highest BCUT2D eigenvalue weighted by atomic mass is 32.2. The van der Waals surface area contributed by atoms with E-state index in [-0.39, 0.29) is 17.7 Å². The zero-order valence-corrected chi connectivity index (χ0v) is 26.7. The standard InChI is InChI=1S/C30H42N8O5S/c1-20(2)43-26-18-23(8-11-31-26)38-29-27(28(33-38)21-6-5-7-21)25(19-24(32-29)30(39)34-44(40,41)35(3)4)37-12-9-22(10-13-37)36-14-16-42-17-15-36/h8,11,18-22H,5-7,9-10,12-17H2,1-4H3,(H,34,39). The molecule has 0 bridgehead atoms. The van der Waals surface area contributed by atoms with Crippen molar-refractivity contribution in [3.63, 3.8) is 0 Å². The Morgan fingerprint density at radius 3 is 2.45 bits per heavy atom. The lowest BCUT2D eigenvalue weighted by molar-refractivity contribution is 0.0115. The van der Waals surface area contributed by atoms with E-state index in [1.807, 2.05) is 26.0 Å². The van der Waals surface area contributed by atoms with E-state index in [9.17, 15) is 13.2 Å². The lowest BCUT2D eigenvalue weighted by atomic mass is 9.82. The van der Waals surface area contributed by atoms with Crippen LogP contribution in [-0.4, -0.2) is 109 Å². The van der Waals surface area contributed by atoms with Crippen molar-refractivity contribution < 1.29 is 22.7 Å². The van der Waals surface area contributed by atoms with Gasteiger partial charge < -0.3 is 14.4 Å². The summed E-state index contributed by atoms with van der Waals surface area (Å²) in [4.78, 5) is 27.4. The summed E-state index contributed by atoms with van der Waals surface area (Å²) in [6.45, 7) is 8.91. The molecule has 2 aliphatic heterocycles. The van der Waals surface area contributed by atoms with Gasteiger partial charge in [0.05, 0.1) is 41.8 Å². The molecule has 0 aromatic carbocycles. The van der Waals surface area contributed by atoms with Gasteiger partial charge in [-0.05, 0) is 51.7 Å². The minimum atomic E-state index is -4.02. The van der Waals surface area contributed by atoms with Crippen molar-refractivity contribution in [1.82, 2.24) is 33.7 Å². The molecule has 3 fully saturated rings. The highest BCUT2D eigenvalue weighted by molar-refractivity contribution is 7.87. The summed E-state index contributed by atoms with van der Waals surface area (Å²) in [5, 5.41) is 6.02. The van der Waals surface area contributed by atoms with Crippen molar-refractivity contribution in [1.29, 1.82) is 0 Å². The molecule has 6 rings (SSSR count). The van der Waals surface area contributed by atoms with Gasteiger partial charge in [0, 0.05) is 64.5 Å². The van der Waals surface area contributed by atoms with Gasteiger partial charge in [0.25, 0.3) is 5.91 Å². The van der Waals surface area contributed by atoms with Crippen molar-refractivity contribution in [3.05, 3.63) is 35.8 Å². The van der Waals surface area contributed by atoms with Crippen molar-refractivity contribution in [2.75, 3.05) is 58.4 Å². The molecule has 0 unspecified atom stereocenters. The van der Waals surface area contributed by atoms with Crippen LogP contribution in [0.2, 0.25) is 0 Å². The maximum Gasteiger partial charge on any atom is 0.303 e. The predicted octanol–water partition coefficient (Wildman–Crippen LogP) is 2.71. The molecule has 0 spiro atoms. The smallest absolute Gasteiger partial charge is 0.303 e. The van der Waals surface area contributed by atoms with Crippen molar-refractivity contribution in [2.45, 2.75) is 64.0 Å². The Labute approximate surface area is 258 Å². The van der Waals surface area contributed by atoms with Gasteiger partial charge in [-0.15, -0.1) is 0 Å². The fourth-order valence-corrected chi connectivity index (χ4v) is 6.67. The molecule has 1 aliphatic carbocycles. The predicted molar refractivity (Wildman–Crippen MR) is 167 cm³/mol. The van der Waals surface area contributed by atoms with E-state index in [1.54, 1.807) is 16.9 Å². The van der Waals surface area contributed by atoms with Crippen LogP contribution < -0.4 is 14.4 Å². The number of piperidine rings is 1. The third-order valence-electron chi connectivity index (χ3n) is 8.76. The van der Waals surface area contributed by atoms with Gasteiger partial charge in [0.1, 0.15) is 5.69 Å². The fraction of sp³-hybridized carbons (Fsp3) is 0.600. The summed E-state index contributed by atoms with van der Waals surface area (Å²) in [6.07, 6.45) is 6.77. The number of anilines is 1. The highest BCUT2D eigenvalue weighted by Crippen LogP contribution is 2.43. The number of fused-ring (bicyclic) bond motifs is 1. The molecule has 1 saturated carbocycles. The molecule has 3 aromatic rings. The average Bonchev–Trinajstić information content (AvgIpc) is 3.35. The summed E-state index contributed by atoms with van der Waals surface area (Å²) >= 11 is 0. The Bertz CT molecular complexity index is 1610. The van der Waals surface area contributed by atoms with Crippen LogP contribution in [0, 0.1) is 0 Å². The second-order valence-corrected chi connectivity index (χ2v) is 14.1. The first-order valence-corrected chi connectivity index (χ1v) is 16.9. The Morgan fingerprint density at radius 2 is 1.82 bits per heavy atom. The van der Waals surface area contributed by atoms with Crippen LogP contribution >= 0.6 is 0 Å². The highest BCUT2D eigenvalue weighted by Gasteiger charge is 2.33. The summed E-state index contributed by atoms with van der Waals surface area (Å²) in [7, 11) is -1.28. The quantitative estimate of drug-likeness (QED) is 0.378. The third kappa shape index (κ3) is 6.25. The summed E-state index contributed by atoms with van der Waals surface area (Å²) in [5.74, 6) is -0.0449. The number of nitrogens with one attached hydrogen (secondary N) is 1. The SMILES string of the molecule is CC(C)Oc1cc(-n2nc(C3CCC3)c3c(N4CCC(N5CCOCC5)CC4)cc(C(=O)NS(=O)(=O)N(C)C)nc32)ccn1. The van der Waals surface area contributed by atoms with Crippen molar-refractivity contribution in [3.8, 4) is 11.6 Å². The van der Waals surface area contributed by atoms with Gasteiger partial charge in [0.2, 0.25) is 5.88 Å². The molecule has 238 valence electrons. The number of nitrogens with zero attached hydrogens (tertiary/aromatic N) is 7. The van der Waals surface area contributed by atoms with Crippen molar-refractivity contribution >= 4 is 32.8 Å². The minimum absolute atomic E-state index is 0.0160. The van der Waals surface area contributed by atoms with Crippen LogP contribution in [0.15, 0.2) is 24.4 Å². The van der Waals surface area contributed by atoms with E-state index in [0.29, 0.717) is 23.3 Å². The number of carbonyl (C=O) groups is 1. The summed E-state index contributed by atoms with van der Waals surface area (Å²) in [6, 6.07) is 5.87. The topological polar surface area (TPSA) is 135 Å². The number of pyridine rings is 2. The largest absolute Gasteiger partial charge is 0.475 e. The van der Waals surface area contributed by atoms with E-state index in [1.165, 1.54) is 14.1 Å². The molecule has 1 N–H and O–H groups in total. The molecule has 44 heavy (non-hydrogen) atoms. The molecule has 13 nitrogen and oxygen atoms in total. The van der Waals surface area contributed by atoms with Gasteiger partial charge in [-0.25, -0.2) is 19.4 Å². The molecule has 2 saturated heterocycles. The Balaban J connectivity index is 1.45. The van der Waals surface area contributed by atoms with Gasteiger partial charge in [-0.3, -0.25) is 9.69 Å². The van der Waals surface area contributed by atoms with Crippen LogP contribution in [0.25, 0.3) is 16.7 Å². The number of hydrogen-bond donors (Lipinski definition) is 1. The van der Waals surface area contributed by atoms with Gasteiger partial charge in [0.15, 0.2) is 5.65 Å². The second kappa shape index (κ2) is 12.6. The maximum atomic E-state index is 13.5. The molecule has 3 aliphatic rings. The van der Waals surface area contributed by atoms with E-state index < -0.39 is 16.1 Å². The Kier molecular flexibility index (Phi) is 8.77. The Hall–Kier alpha value is -3.33. The Morgan fingerprint density at radius 1 is 1.09 bits per heavy atom. The fourth-order valence-electron chi connectivity index (χ4n) is 6.15. The zero-order chi connectivity index (χ0) is 31.0. The van der Waals surface area contributed by atoms with Crippen LogP contribution in [0.1, 0.15) is 68.1 Å². The minimum Gasteiger partial charge on any atom is -0.475 e. The van der Waals surface area contributed by atoms with E-state index in [4.69, 9.17) is 19.6 Å². The normalized spacial score (nSPS) is 19.1. The number of hydrogen-bond acceptors (Lipinski definition) is 10. The molecule has 3 aromatic heterocycles. The van der Waals surface area contributed by atoms with Crippen LogP contribution in [0.3, 0.4) is 0 Å². The number of amides is 1.